The molecule has 1 aliphatic rings. The Morgan fingerprint density at radius 1 is 1.26 bits per heavy atom. The Balaban J connectivity index is 1.59. The number of methoxy groups -OCH3 is 1. The first-order valence-corrected chi connectivity index (χ1v) is 11.4. The van der Waals surface area contributed by atoms with Gasteiger partial charge in [0.25, 0.3) is 0 Å². The van der Waals surface area contributed by atoms with Gasteiger partial charge in [0.1, 0.15) is 18.2 Å². The number of alkyl halides is 2. The summed E-state index contributed by atoms with van der Waals surface area (Å²) in [4.78, 5) is 17.0. The van der Waals surface area contributed by atoms with Crippen molar-refractivity contribution in [2.45, 2.75) is 44.3 Å². The number of nitrogens with zero attached hydrogens (tertiary/aromatic N) is 1. The van der Waals surface area contributed by atoms with Crippen molar-refractivity contribution in [1.82, 2.24) is 10.3 Å². The topological polar surface area (TPSA) is 73.6 Å². The Bertz CT molecular complexity index is 1190. The standard InChI is InChI=1S/C26H27F3N2O4/c1-16(14-33-2)19-12-20(27)23-21(13-19)30-24(35-23)22(18-8-10-26(28,29)11-9-18)31-25(32)34-15-17-6-4-3-5-7-17/h3-7,12-13,18,22H,1,8-11,14-15H2,2H3,(H,31,32)/t22-/m0/s1. The molecule has 0 bridgehead atoms. The third kappa shape index (κ3) is 6.03. The number of aromatic nitrogens is 1. The van der Waals surface area contributed by atoms with Gasteiger partial charge in [0.2, 0.25) is 11.8 Å². The van der Waals surface area contributed by atoms with E-state index in [4.69, 9.17) is 13.9 Å². The van der Waals surface area contributed by atoms with Crippen LogP contribution in [-0.2, 0) is 16.1 Å². The molecule has 0 radical (unpaired) electrons. The second-order valence-corrected chi connectivity index (χ2v) is 8.77. The molecule has 3 aromatic rings. The highest BCUT2D eigenvalue weighted by molar-refractivity contribution is 5.80. The van der Waals surface area contributed by atoms with Crippen molar-refractivity contribution in [3.05, 3.63) is 71.9 Å². The minimum Gasteiger partial charge on any atom is -0.445 e. The summed E-state index contributed by atoms with van der Waals surface area (Å²) < 4.78 is 58.5. The van der Waals surface area contributed by atoms with E-state index in [1.807, 2.05) is 30.3 Å². The molecule has 6 nitrogen and oxygen atoms in total. The number of oxazole rings is 1. The van der Waals surface area contributed by atoms with E-state index in [2.05, 4.69) is 16.9 Å². The van der Waals surface area contributed by atoms with Crippen molar-refractivity contribution in [3.8, 4) is 0 Å². The normalized spacial score (nSPS) is 16.7. The highest BCUT2D eigenvalue weighted by Gasteiger charge is 2.40. The maximum atomic E-state index is 14.8. The predicted molar refractivity (Wildman–Crippen MR) is 124 cm³/mol. The molecule has 0 unspecified atom stereocenters. The number of ether oxygens (including phenoxy) is 2. The zero-order valence-electron chi connectivity index (χ0n) is 19.4. The quantitative estimate of drug-likeness (QED) is 0.396. The van der Waals surface area contributed by atoms with Gasteiger partial charge in [0, 0.05) is 20.0 Å². The van der Waals surface area contributed by atoms with Gasteiger partial charge >= 0.3 is 6.09 Å². The molecule has 9 heteroatoms. The highest BCUT2D eigenvalue weighted by Crippen LogP contribution is 2.42. The molecule has 35 heavy (non-hydrogen) atoms. The lowest BCUT2D eigenvalue weighted by Gasteiger charge is -2.32. The summed E-state index contributed by atoms with van der Waals surface area (Å²) in [6, 6.07) is 11.2. The number of hydrogen-bond acceptors (Lipinski definition) is 5. The number of benzene rings is 2. The van der Waals surface area contributed by atoms with E-state index in [-0.39, 0.29) is 61.8 Å². The van der Waals surface area contributed by atoms with E-state index in [1.165, 1.54) is 13.2 Å². The summed E-state index contributed by atoms with van der Waals surface area (Å²) in [5.41, 5.74) is 2.01. The van der Waals surface area contributed by atoms with Crippen molar-refractivity contribution in [3.63, 3.8) is 0 Å². The lowest BCUT2D eigenvalue weighted by atomic mass is 9.82. The van der Waals surface area contributed by atoms with Gasteiger partial charge in [-0.1, -0.05) is 36.9 Å². The van der Waals surface area contributed by atoms with Gasteiger partial charge < -0.3 is 19.2 Å². The van der Waals surface area contributed by atoms with Gasteiger partial charge in [-0.2, -0.15) is 0 Å². The Hall–Kier alpha value is -3.33. The number of hydrogen-bond donors (Lipinski definition) is 1. The maximum absolute atomic E-state index is 14.8. The van der Waals surface area contributed by atoms with E-state index >= 15 is 0 Å². The zero-order chi connectivity index (χ0) is 25.0. The molecule has 0 aliphatic heterocycles. The molecule has 1 aliphatic carbocycles. The summed E-state index contributed by atoms with van der Waals surface area (Å²) in [6.45, 7) is 4.13. The van der Waals surface area contributed by atoms with Crippen molar-refractivity contribution < 1.29 is 31.9 Å². The van der Waals surface area contributed by atoms with Crippen molar-refractivity contribution >= 4 is 22.8 Å². The van der Waals surface area contributed by atoms with Gasteiger partial charge in [-0.05, 0) is 47.6 Å². The smallest absolute Gasteiger partial charge is 0.408 e. The Kier molecular flexibility index (Phi) is 7.45. The molecule has 1 amide bonds. The maximum Gasteiger partial charge on any atom is 0.408 e. The minimum absolute atomic E-state index is 0.0370. The van der Waals surface area contributed by atoms with E-state index in [0.717, 1.165) is 5.56 Å². The Labute approximate surface area is 201 Å². The summed E-state index contributed by atoms with van der Waals surface area (Å²) in [7, 11) is 1.51. The molecule has 1 saturated carbocycles. The van der Waals surface area contributed by atoms with Gasteiger partial charge in [0.15, 0.2) is 11.4 Å². The van der Waals surface area contributed by atoms with Crippen LogP contribution in [0.2, 0.25) is 0 Å². The Morgan fingerprint density at radius 3 is 2.66 bits per heavy atom. The van der Waals surface area contributed by atoms with E-state index in [0.29, 0.717) is 11.1 Å². The fourth-order valence-corrected chi connectivity index (χ4v) is 4.27. The summed E-state index contributed by atoms with van der Waals surface area (Å²) in [5.74, 6) is -3.73. The van der Waals surface area contributed by atoms with Crippen LogP contribution in [0.3, 0.4) is 0 Å². The molecule has 186 valence electrons. The first kappa shape index (κ1) is 24.8. The number of nitrogens with one attached hydrogen (secondary N) is 1. The van der Waals surface area contributed by atoms with Crippen LogP contribution in [0.25, 0.3) is 16.7 Å². The van der Waals surface area contributed by atoms with Crippen molar-refractivity contribution in [2.75, 3.05) is 13.7 Å². The molecule has 0 spiro atoms. The minimum atomic E-state index is -2.75. The van der Waals surface area contributed by atoms with Crippen LogP contribution in [-0.4, -0.2) is 30.7 Å². The molecule has 4 rings (SSSR count). The predicted octanol–water partition coefficient (Wildman–Crippen LogP) is 6.42. The zero-order valence-corrected chi connectivity index (χ0v) is 19.4. The van der Waals surface area contributed by atoms with E-state index in [9.17, 15) is 18.0 Å². The molecular formula is C26H27F3N2O4. The first-order chi connectivity index (χ1) is 16.8. The number of rotatable bonds is 8. The molecule has 1 atom stereocenters. The van der Waals surface area contributed by atoms with Crippen molar-refractivity contribution in [1.29, 1.82) is 0 Å². The second kappa shape index (κ2) is 10.5. The SMILES string of the molecule is C=C(COC)c1cc(F)c2oc([C@@H](NC(=O)OCc3ccccc3)C3CCC(F)(F)CC3)nc2c1. The monoisotopic (exact) mass is 488 g/mol. The lowest BCUT2D eigenvalue weighted by Crippen LogP contribution is -2.37. The van der Waals surface area contributed by atoms with Crippen LogP contribution in [0.5, 0.6) is 0 Å². The molecule has 2 aromatic carbocycles. The molecule has 1 heterocycles. The highest BCUT2D eigenvalue weighted by atomic mass is 19.3. The lowest BCUT2D eigenvalue weighted by molar-refractivity contribution is -0.0505. The third-order valence-electron chi connectivity index (χ3n) is 6.17. The van der Waals surface area contributed by atoms with Crippen LogP contribution in [0.1, 0.15) is 48.7 Å². The number of halogens is 3. The molecule has 1 aromatic heterocycles. The molecule has 0 saturated heterocycles. The molecular weight excluding hydrogens is 461 g/mol. The average molecular weight is 489 g/mol. The fraction of sp³-hybridized carbons (Fsp3) is 0.385. The largest absolute Gasteiger partial charge is 0.445 e. The van der Waals surface area contributed by atoms with E-state index < -0.39 is 23.9 Å². The summed E-state index contributed by atoms with van der Waals surface area (Å²) in [5, 5.41) is 2.72. The number of carbonyl (C=O) groups excluding carboxylic acids is 1. The van der Waals surface area contributed by atoms with Gasteiger partial charge in [0.05, 0.1) is 6.61 Å². The summed E-state index contributed by atoms with van der Waals surface area (Å²) >= 11 is 0. The first-order valence-electron chi connectivity index (χ1n) is 11.4. The number of fused-ring (bicyclic) bond motifs is 1. The van der Waals surface area contributed by atoms with Crippen LogP contribution in [0, 0.1) is 11.7 Å². The second-order valence-electron chi connectivity index (χ2n) is 8.77. The molecule has 1 N–H and O–H groups in total. The fourth-order valence-electron chi connectivity index (χ4n) is 4.27. The van der Waals surface area contributed by atoms with Crippen molar-refractivity contribution in [2.24, 2.45) is 5.92 Å². The van der Waals surface area contributed by atoms with E-state index in [1.54, 1.807) is 6.07 Å². The Morgan fingerprint density at radius 2 is 1.97 bits per heavy atom. The van der Waals surface area contributed by atoms with Crippen LogP contribution in [0.4, 0.5) is 18.0 Å². The van der Waals surface area contributed by atoms with Crippen LogP contribution in [0.15, 0.2) is 53.5 Å². The van der Waals surface area contributed by atoms with Crippen LogP contribution >= 0.6 is 0 Å². The molecule has 1 fully saturated rings. The summed E-state index contributed by atoms with van der Waals surface area (Å²) in [6.07, 6.45) is -1.08. The number of amides is 1. The van der Waals surface area contributed by atoms with Gasteiger partial charge in [-0.15, -0.1) is 0 Å². The third-order valence-corrected chi connectivity index (χ3v) is 6.17. The number of alkyl carbamates (subject to hydrolysis) is 1. The van der Waals surface area contributed by atoms with Gasteiger partial charge in [-0.25, -0.2) is 22.9 Å². The van der Waals surface area contributed by atoms with Gasteiger partial charge in [-0.3, -0.25) is 0 Å². The average Bonchev–Trinajstić information content (AvgIpc) is 3.27. The number of carbonyl (C=O) groups is 1. The van der Waals surface area contributed by atoms with Crippen LogP contribution < -0.4 is 5.32 Å².